The van der Waals surface area contributed by atoms with Crippen LogP contribution in [0, 0.1) is 17.2 Å². The molecule has 0 aliphatic carbocycles. The molecule has 10 rings (SSSR count). The van der Waals surface area contributed by atoms with E-state index in [2.05, 4.69) is 10.0 Å². The van der Waals surface area contributed by atoms with Gasteiger partial charge in [-0.1, -0.05) is 175 Å². The van der Waals surface area contributed by atoms with Gasteiger partial charge in [0.15, 0.2) is 24.7 Å². The lowest BCUT2D eigenvalue weighted by Crippen LogP contribution is -2.61. The fourth-order valence-electron chi connectivity index (χ4n) is 11.2. The number of benzene rings is 4. The molecule has 0 spiro atoms. The molecule has 1 N–H and O–H groups in total. The summed E-state index contributed by atoms with van der Waals surface area (Å²) >= 11 is 18.3. The second-order valence-electron chi connectivity index (χ2n) is 21.5. The molecule has 0 saturated carbocycles. The van der Waals surface area contributed by atoms with Crippen LogP contribution in [0.3, 0.4) is 0 Å². The standard InChI is InChI=1S/C58H69Cl3N4O15/c1-34-44(64-65-63)41(29-66-26-37-18-10-6-11-19-37)73-53(77-55(62)58(59,60)61)46(34)69-31-43-48-49(79-56(4,5)78-48)47(36(3)72-43)75-51-35(2)45(42(30-70-51)68-28-39-22-14-8-15-23-39)74-54-50-57(33-71-54,32-67-27-38-20-12-7-13-21-38)80-52(76-50)40-24-16-9-17-25-40/h6-25,34-36,41-54,62H,26-33H2,1-5H3/t34?,35?,36?,41?,42-,43-,44+,45?,46?,47-,48?,49?,50-,51-,52-,53-,54+,57?/m0/s1. The summed E-state index contributed by atoms with van der Waals surface area (Å²) in [7, 11) is 0. The summed E-state index contributed by atoms with van der Waals surface area (Å²) in [5, 5.41) is 12.6. The number of hydrogen-bond donors (Lipinski definition) is 1. The van der Waals surface area contributed by atoms with E-state index in [-0.39, 0.29) is 39.6 Å². The molecule has 9 unspecified atom stereocenters. The van der Waals surface area contributed by atoms with E-state index in [9.17, 15) is 5.53 Å². The highest BCUT2D eigenvalue weighted by molar-refractivity contribution is 6.76. The van der Waals surface area contributed by atoms with Gasteiger partial charge in [-0.2, -0.15) is 0 Å². The van der Waals surface area contributed by atoms with Gasteiger partial charge in [-0.05, 0) is 48.9 Å². The van der Waals surface area contributed by atoms with Crippen molar-refractivity contribution in [3.8, 4) is 0 Å². The zero-order valence-corrected chi connectivity index (χ0v) is 47.4. The SMILES string of the molecule is CC1C(O[C@H]2OCC3(COCc4ccccc4)O[C@@H](c4ccccc4)O[C@@H]23)[C@@H](OCc2ccccc2)CO[C@H]1O[C@H]1C(C)O[C@@H](COC2C(C)[C@@H](N=[N+]=[N-])C(COCc3ccccc3)O[C@H]2OC(=N)C(Cl)(Cl)Cl)C2OC(C)(C)OC21. The quantitative estimate of drug-likeness (QED) is 0.0205. The highest BCUT2D eigenvalue weighted by Crippen LogP contribution is 2.47. The lowest BCUT2D eigenvalue weighted by molar-refractivity contribution is -0.326. The van der Waals surface area contributed by atoms with Crippen LogP contribution in [-0.2, 0) is 90.9 Å². The minimum absolute atomic E-state index is 0.0158. The van der Waals surface area contributed by atoms with Gasteiger partial charge < -0.3 is 71.1 Å². The number of rotatable bonds is 21. The van der Waals surface area contributed by atoms with Gasteiger partial charge in [0.25, 0.3) is 3.79 Å². The van der Waals surface area contributed by atoms with Crippen LogP contribution < -0.4 is 0 Å². The number of halogens is 3. The number of azide groups is 1. The number of alkyl halides is 3. The number of fused-ring (bicyclic) bond motifs is 2. The van der Waals surface area contributed by atoms with Gasteiger partial charge >= 0.3 is 0 Å². The van der Waals surface area contributed by atoms with Crippen LogP contribution in [0.5, 0.6) is 0 Å². The number of nitrogens with zero attached hydrogens (tertiary/aromatic N) is 3. The first kappa shape index (κ1) is 59.1. The maximum Gasteiger partial charge on any atom is 0.265 e. The van der Waals surface area contributed by atoms with Gasteiger partial charge in [0, 0.05) is 16.4 Å². The maximum atomic E-state index is 9.74. The van der Waals surface area contributed by atoms with Crippen LogP contribution in [0.15, 0.2) is 126 Å². The van der Waals surface area contributed by atoms with Gasteiger partial charge in [0.2, 0.25) is 12.2 Å². The van der Waals surface area contributed by atoms with Gasteiger partial charge in [-0.25, -0.2) is 0 Å². The zero-order valence-electron chi connectivity index (χ0n) is 45.1. The molecule has 4 aromatic carbocycles. The molecule has 0 radical (unpaired) electrons. The Labute approximate surface area is 480 Å². The summed E-state index contributed by atoms with van der Waals surface area (Å²) < 4.78 is 96.5. The number of hydrogen-bond acceptors (Lipinski definition) is 17. The van der Waals surface area contributed by atoms with Crippen molar-refractivity contribution in [2.24, 2.45) is 17.0 Å². The van der Waals surface area contributed by atoms with E-state index in [1.807, 2.05) is 156 Å². The third-order valence-corrected chi connectivity index (χ3v) is 15.8. The Kier molecular flexibility index (Phi) is 19.4. The Morgan fingerprint density at radius 2 is 1.27 bits per heavy atom. The van der Waals surface area contributed by atoms with Gasteiger partial charge in [0.05, 0.1) is 77.2 Å². The predicted octanol–water partition coefficient (Wildman–Crippen LogP) is 10.1. The molecule has 6 aliphatic rings. The fraction of sp³-hybridized carbons (Fsp3) is 0.569. The van der Waals surface area contributed by atoms with E-state index in [1.54, 1.807) is 0 Å². The molecule has 4 aromatic rings. The molecule has 432 valence electrons. The van der Waals surface area contributed by atoms with E-state index in [4.69, 9.17) is 111 Å². The van der Waals surface area contributed by atoms with E-state index in [0.29, 0.717) is 13.2 Å². The highest BCUT2D eigenvalue weighted by atomic mass is 35.6. The molecule has 6 saturated heterocycles. The fourth-order valence-corrected chi connectivity index (χ4v) is 11.4. The van der Waals surface area contributed by atoms with Crippen LogP contribution in [0.2, 0.25) is 0 Å². The first-order valence-corrected chi connectivity index (χ1v) is 28.2. The molecular formula is C58H69Cl3N4O15. The molecule has 6 fully saturated rings. The van der Waals surface area contributed by atoms with Crippen LogP contribution >= 0.6 is 34.8 Å². The van der Waals surface area contributed by atoms with Crippen LogP contribution in [-0.4, -0.2) is 140 Å². The van der Waals surface area contributed by atoms with E-state index in [1.165, 1.54) is 0 Å². The zero-order chi connectivity index (χ0) is 56.0. The van der Waals surface area contributed by atoms with Crippen LogP contribution in [0.25, 0.3) is 10.4 Å². The minimum Gasteiger partial charge on any atom is -0.445 e. The van der Waals surface area contributed by atoms with Crippen molar-refractivity contribution in [1.82, 2.24) is 0 Å². The van der Waals surface area contributed by atoms with E-state index >= 15 is 0 Å². The van der Waals surface area contributed by atoms with Gasteiger partial charge in [-0.15, -0.1) is 0 Å². The first-order valence-electron chi connectivity index (χ1n) is 27.0. The van der Waals surface area contributed by atoms with Crippen molar-refractivity contribution in [3.05, 3.63) is 154 Å². The van der Waals surface area contributed by atoms with Crippen LogP contribution in [0.1, 0.15) is 63.2 Å². The summed E-state index contributed by atoms with van der Waals surface area (Å²) in [4.78, 5) is 3.14. The molecular weight excluding hydrogens is 1100 g/mol. The van der Waals surface area contributed by atoms with Crippen molar-refractivity contribution in [2.45, 2.75) is 162 Å². The Balaban J connectivity index is 0.846. The summed E-state index contributed by atoms with van der Waals surface area (Å²) in [6, 6.07) is 38.4. The predicted molar refractivity (Wildman–Crippen MR) is 291 cm³/mol. The molecule has 19 nitrogen and oxygen atoms in total. The van der Waals surface area contributed by atoms with Crippen molar-refractivity contribution in [3.63, 3.8) is 0 Å². The highest BCUT2D eigenvalue weighted by Gasteiger charge is 2.62. The second kappa shape index (κ2) is 26.3. The Morgan fingerprint density at radius 3 is 1.93 bits per heavy atom. The lowest BCUT2D eigenvalue weighted by atomic mass is 9.88. The average Bonchev–Trinajstić information content (AvgIpc) is 3.94. The van der Waals surface area contributed by atoms with E-state index < -0.39 is 125 Å². The number of ether oxygens (including phenoxy) is 15. The molecule has 0 bridgehead atoms. The summed E-state index contributed by atoms with van der Waals surface area (Å²) in [6.07, 6.45) is -10.8. The summed E-state index contributed by atoms with van der Waals surface area (Å²) in [6.45, 7) is 10.7. The minimum atomic E-state index is -2.22. The average molecular weight is 1170 g/mol. The Bertz CT molecular complexity index is 2670. The Hall–Kier alpha value is -4.03. The topological polar surface area (TPSA) is 211 Å². The lowest BCUT2D eigenvalue weighted by Gasteiger charge is -2.47. The van der Waals surface area contributed by atoms with Crippen molar-refractivity contribution in [1.29, 1.82) is 5.41 Å². The molecule has 6 heterocycles. The van der Waals surface area contributed by atoms with Crippen molar-refractivity contribution >= 4 is 40.7 Å². The maximum absolute atomic E-state index is 9.74. The van der Waals surface area contributed by atoms with Crippen molar-refractivity contribution in [2.75, 3.05) is 33.0 Å². The largest absolute Gasteiger partial charge is 0.445 e. The van der Waals surface area contributed by atoms with Crippen LogP contribution in [0.4, 0.5) is 0 Å². The third kappa shape index (κ3) is 14.0. The first-order chi connectivity index (χ1) is 38.6. The molecule has 22 heteroatoms. The van der Waals surface area contributed by atoms with E-state index in [0.717, 1.165) is 22.3 Å². The second-order valence-corrected chi connectivity index (χ2v) is 23.8. The normalized spacial score (nSPS) is 35.7. The van der Waals surface area contributed by atoms with Gasteiger partial charge in [0.1, 0.15) is 48.3 Å². The summed E-state index contributed by atoms with van der Waals surface area (Å²) in [5.74, 6) is -2.78. The van der Waals surface area contributed by atoms with Crippen molar-refractivity contribution < 1.29 is 71.1 Å². The molecule has 18 atom stereocenters. The smallest absolute Gasteiger partial charge is 0.265 e. The molecule has 80 heavy (non-hydrogen) atoms. The molecule has 6 aliphatic heterocycles. The summed E-state index contributed by atoms with van der Waals surface area (Å²) in [5.41, 5.74) is 12.6. The monoisotopic (exact) mass is 1170 g/mol. The molecule has 0 aromatic heterocycles. The third-order valence-electron chi connectivity index (χ3n) is 15.3. The number of nitrogens with one attached hydrogen (secondary N) is 1. The van der Waals surface area contributed by atoms with Gasteiger partial charge in [-0.3, -0.25) is 5.41 Å². The molecule has 0 amide bonds. The Morgan fingerprint density at radius 1 is 0.662 bits per heavy atom.